The normalized spacial score (nSPS) is 14.3. The van der Waals surface area contributed by atoms with Crippen LogP contribution < -0.4 is 10.2 Å². The maximum Gasteiger partial charge on any atom is 0.257 e. The number of hydrogen-bond donors (Lipinski definition) is 1. The van der Waals surface area contributed by atoms with Crippen LogP contribution in [0.1, 0.15) is 36.0 Å². The number of aromatic nitrogens is 2. The summed E-state index contributed by atoms with van der Waals surface area (Å²) < 4.78 is 0.801. The second-order valence-electron chi connectivity index (χ2n) is 7.33. The Balaban J connectivity index is 1.44. The van der Waals surface area contributed by atoms with Gasteiger partial charge in [0.25, 0.3) is 5.91 Å². The molecule has 0 atom stereocenters. The van der Waals surface area contributed by atoms with Crippen LogP contribution in [-0.2, 0) is 0 Å². The van der Waals surface area contributed by atoms with E-state index in [0.717, 1.165) is 34.6 Å². The third-order valence-corrected chi connectivity index (χ3v) is 6.01. The highest BCUT2D eigenvalue weighted by atomic mass is 79.9. The molecule has 3 aromatic rings. The van der Waals surface area contributed by atoms with E-state index in [-0.39, 0.29) is 5.91 Å². The Morgan fingerprint density at radius 3 is 2.33 bits per heavy atom. The first-order valence-corrected chi connectivity index (χ1v) is 11.2. The first kappa shape index (κ1) is 20.8. The predicted octanol–water partition coefficient (Wildman–Crippen LogP) is 6.19. The summed E-state index contributed by atoms with van der Waals surface area (Å²) in [6.45, 7) is 2.09. The maximum atomic E-state index is 12.5. The fraction of sp³-hybridized carbons (Fsp3) is 0.261. The highest BCUT2D eigenvalue weighted by Gasteiger charge is 2.13. The molecule has 7 heteroatoms. The zero-order chi connectivity index (χ0) is 20.9. The molecular formula is C23H22BrClN4O. The van der Waals surface area contributed by atoms with Gasteiger partial charge in [0.1, 0.15) is 0 Å². The largest absolute Gasteiger partial charge is 0.355 e. The van der Waals surface area contributed by atoms with Crippen molar-refractivity contribution in [2.45, 2.75) is 25.7 Å². The van der Waals surface area contributed by atoms with Crippen LogP contribution in [0.25, 0.3) is 11.3 Å². The average molecular weight is 486 g/mol. The van der Waals surface area contributed by atoms with Gasteiger partial charge in [-0.2, -0.15) is 0 Å². The molecule has 1 amide bonds. The maximum absolute atomic E-state index is 12.5. The molecule has 154 valence electrons. The lowest BCUT2D eigenvalue weighted by Crippen LogP contribution is -2.25. The van der Waals surface area contributed by atoms with E-state index in [1.54, 1.807) is 18.2 Å². The third-order valence-electron chi connectivity index (χ3n) is 5.19. The SMILES string of the molecule is O=C(Nc1ccc(-c2ccc(N3CCCCCC3)nn2)cc1)c1cc(Br)ccc1Cl. The minimum Gasteiger partial charge on any atom is -0.355 e. The number of carbonyl (C=O) groups excluding carboxylic acids is 1. The summed E-state index contributed by atoms with van der Waals surface area (Å²) in [6.07, 6.45) is 5.00. The van der Waals surface area contributed by atoms with Gasteiger partial charge in [-0.05, 0) is 55.3 Å². The van der Waals surface area contributed by atoms with Crippen LogP contribution >= 0.6 is 27.5 Å². The van der Waals surface area contributed by atoms with Crippen molar-refractivity contribution in [3.05, 3.63) is 69.7 Å². The van der Waals surface area contributed by atoms with E-state index in [9.17, 15) is 4.79 Å². The van der Waals surface area contributed by atoms with Gasteiger partial charge in [0.2, 0.25) is 0 Å². The van der Waals surface area contributed by atoms with Crippen LogP contribution in [0, 0.1) is 0 Å². The monoisotopic (exact) mass is 484 g/mol. The number of benzene rings is 2. The zero-order valence-corrected chi connectivity index (χ0v) is 18.8. The van der Waals surface area contributed by atoms with E-state index in [1.807, 2.05) is 36.4 Å². The lowest BCUT2D eigenvalue weighted by atomic mass is 10.1. The number of amides is 1. The Kier molecular flexibility index (Phi) is 6.65. The van der Waals surface area contributed by atoms with Gasteiger partial charge in [-0.3, -0.25) is 4.79 Å². The Morgan fingerprint density at radius 2 is 1.67 bits per heavy atom. The minimum atomic E-state index is -0.254. The highest BCUT2D eigenvalue weighted by molar-refractivity contribution is 9.10. The Morgan fingerprint density at radius 1 is 0.933 bits per heavy atom. The Hall–Kier alpha value is -2.44. The van der Waals surface area contributed by atoms with Gasteiger partial charge in [0, 0.05) is 28.8 Å². The number of rotatable bonds is 4. The molecule has 0 aliphatic carbocycles. The van der Waals surface area contributed by atoms with Crippen molar-refractivity contribution >= 4 is 44.9 Å². The molecular weight excluding hydrogens is 464 g/mol. The molecule has 0 saturated carbocycles. The van der Waals surface area contributed by atoms with Crippen molar-refractivity contribution in [3.8, 4) is 11.3 Å². The van der Waals surface area contributed by atoms with Crippen LogP contribution in [0.3, 0.4) is 0 Å². The molecule has 1 aliphatic heterocycles. The Bertz CT molecular complexity index is 1020. The van der Waals surface area contributed by atoms with Crippen molar-refractivity contribution in [3.63, 3.8) is 0 Å². The molecule has 1 aromatic heterocycles. The minimum absolute atomic E-state index is 0.254. The zero-order valence-electron chi connectivity index (χ0n) is 16.4. The smallest absolute Gasteiger partial charge is 0.257 e. The molecule has 1 saturated heterocycles. The van der Waals surface area contributed by atoms with E-state index in [2.05, 4.69) is 36.3 Å². The molecule has 5 nitrogen and oxygen atoms in total. The number of anilines is 2. The summed E-state index contributed by atoms with van der Waals surface area (Å²) in [5.74, 6) is 0.686. The van der Waals surface area contributed by atoms with Crippen LogP contribution in [-0.4, -0.2) is 29.2 Å². The van der Waals surface area contributed by atoms with Gasteiger partial charge >= 0.3 is 0 Å². The molecule has 0 spiro atoms. The topological polar surface area (TPSA) is 58.1 Å². The summed E-state index contributed by atoms with van der Waals surface area (Å²) in [6, 6.07) is 16.8. The highest BCUT2D eigenvalue weighted by Crippen LogP contribution is 2.24. The first-order valence-electron chi connectivity index (χ1n) is 10.1. The van der Waals surface area contributed by atoms with Crippen molar-refractivity contribution in [1.29, 1.82) is 0 Å². The van der Waals surface area contributed by atoms with Gasteiger partial charge in [-0.25, -0.2) is 0 Å². The fourth-order valence-corrected chi connectivity index (χ4v) is 4.11. The second kappa shape index (κ2) is 9.58. The van der Waals surface area contributed by atoms with E-state index in [0.29, 0.717) is 16.3 Å². The van der Waals surface area contributed by atoms with Crippen molar-refractivity contribution in [1.82, 2.24) is 10.2 Å². The van der Waals surface area contributed by atoms with Crippen LogP contribution in [0.2, 0.25) is 5.02 Å². The summed E-state index contributed by atoms with van der Waals surface area (Å²) in [4.78, 5) is 14.8. The number of hydrogen-bond acceptors (Lipinski definition) is 4. The van der Waals surface area contributed by atoms with Gasteiger partial charge < -0.3 is 10.2 Å². The predicted molar refractivity (Wildman–Crippen MR) is 125 cm³/mol. The third kappa shape index (κ3) is 4.99. The molecule has 2 aromatic carbocycles. The van der Waals surface area contributed by atoms with Gasteiger partial charge in [-0.1, -0.05) is 52.5 Å². The molecule has 0 unspecified atom stereocenters. The van der Waals surface area contributed by atoms with E-state index in [1.165, 1.54) is 25.7 Å². The molecule has 30 heavy (non-hydrogen) atoms. The van der Waals surface area contributed by atoms with Crippen molar-refractivity contribution < 1.29 is 4.79 Å². The van der Waals surface area contributed by atoms with Gasteiger partial charge in [-0.15, -0.1) is 10.2 Å². The molecule has 2 heterocycles. The number of halogens is 2. The van der Waals surface area contributed by atoms with Crippen molar-refractivity contribution in [2.75, 3.05) is 23.3 Å². The van der Waals surface area contributed by atoms with Gasteiger partial charge in [0.15, 0.2) is 5.82 Å². The van der Waals surface area contributed by atoms with Crippen molar-refractivity contribution in [2.24, 2.45) is 0 Å². The summed E-state index contributed by atoms with van der Waals surface area (Å²) in [5, 5.41) is 12.1. The molecule has 4 rings (SSSR count). The first-order chi connectivity index (χ1) is 14.6. The number of nitrogens with one attached hydrogen (secondary N) is 1. The fourth-order valence-electron chi connectivity index (χ4n) is 3.54. The lowest BCUT2D eigenvalue weighted by Gasteiger charge is -2.20. The average Bonchev–Trinajstić information content (AvgIpc) is 3.06. The van der Waals surface area contributed by atoms with E-state index < -0.39 is 0 Å². The molecule has 1 fully saturated rings. The lowest BCUT2D eigenvalue weighted by molar-refractivity contribution is 0.102. The standard InChI is InChI=1S/C23H22BrClN4O/c24-17-7-10-20(25)19(15-17)23(30)26-18-8-5-16(6-9-18)21-11-12-22(28-27-21)29-13-3-1-2-4-14-29/h5-12,15H,1-4,13-14H2,(H,26,30). The van der Waals surface area contributed by atoms with Gasteiger partial charge in [0.05, 0.1) is 16.3 Å². The van der Waals surface area contributed by atoms with E-state index >= 15 is 0 Å². The molecule has 0 bridgehead atoms. The van der Waals surface area contributed by atoms with Crippen LogP contribution in [0.15, 0.2) is 59.1 Å². The summed E-state index contributed by atoms with van der Waals surface area (Å²) >= 11 is 9.51. The summed E-state index contributed by atoms with van der Waals surface area (Å²) in [7, 11) is 0. The molecule has 1 aliphatic rings. The number of carbonyl (C=O) groups is 1. The number of nitrogens with zero attached hydrogens (tertiary/aromatic N) is 3. The molecule has 0 radical (unpaired) electrons. The van der Waals surface area contributed by atoms with Crippen LogP contribution in [0.5, 0.6) is 0 Å². The van der Waals surface area contributed by atoms with E-state index in [4.69, 9.17) is 11.6 Å². The molecule has 1 N–H and O–H groups in total. The quantitative estimate of drug-likeness (QED) is 0.478. The summed E-state index contributed by atoms with van der Waals surface area (Å²) in [5.41, 5.74) is 2.86. The Labute approximate surface area is 189 Å². The van der Waals surface area contributed by atoms with Crippen LogP contribution in [0.4, 0.5) is 11.5 Å². The second-order valence-corrected chi connectivity index (χ2v) is 8.66.